The van der Waals surface area contributed by atoms with Gasteiger partial charge in [-0.25, -0.2) is 4.79 Å². The van der Waals surface area contributed by atoms with Gasteiger partial charge in [-0.05, 0) is 26.3 Å². The Labute approximate surface area is 72.8 Å². The fourth-order valence-corrected chi connectivity index (χ4v) is 1.41. The molecule has 1 rings (SSSR count). The number of hydrogen-bond donors (Lipinski definition) is 1. The third kappa shape index (κ3) is 2.08. The second-order valence-electron chi connectivity index (χ2n) is 2.98. The summed E-state index contributed by atoms with van der Waals surface area (Å²) in [5, 5.41) is 3.18. The highest BCUT2D eigenvalue weighted by atomic mass is 16.5. The Morgan fingerprint density at radius 1 is 1.75 bits per heavy atom. The van der Waals surface area contributed by atoms with Gasteiger partial charge >= 0.3 is 5.97 Å². The minimum Gasteiger partial charge on any atom is -0.466 e. The summed E-state index contributed by atoms with van der Waals surface area (Å²) in [5.74, 6) is -0.176. The van der Waals surface area contributed by atoms with Crippen molar-refractivity contribution in [2.24, 2.45) is 0 Å². The molecule has 1 aliphatic carbocycles. The van der Waals surface area contributed by atoms with Crippen molar-refractivity contribution in [2.45, 2.75) is 25.3 Å². The third-order valence-corrected chi connectivity index (χ3v) is 2.27. The summed E-state index contributed by atoms with van der Waals surface area (Å²) >= 11 is 0. The summed E-state index contributed by atoms with van der Waals surface area (Å²) in [5.41, 5.74) is 0.823. The van der Waals surface area contributed by atoms with E-state index in [9.17, 15) is 4.79 Å². The first-order valence-electron chi connectivity index (χ1n) is 4.22. The molecule has 3 heteroatoms. The average molecular weight is 169 g/mol. The van der Waals surface area contributed by atoms with Gasteiger partial charge in [0.05, 0.1) is 7.11 Å². The molecule has 0 saturated carbocycles. The summed E-state index contributed by atoms with van der Waals surface area (Å²) < 4.78 is 4.63. The van der Waals surface area contributed by atoms with Gasteiger partial charge in [-0.15, -0.1) is 0 Å². The predicted octanol–water partition coefficient (Wildman–Crippen LogP) is 0.858. The Hall–Kier alpha value is -0.830. The lowest BCUT2D eigenvalue weighted by molar-refractivity contribution is -0.136. The molecule has 0 radical (unpaired) electrons. The maximum absolute atomic E-state index is 11.1. The van der Waals surface area contributed by atoms with Crippen LogP contribution in [0.15, 0.2) is 11.6 Å². The van der Waals surface area contributed by atoms with Crippen molar-refractivity contribution in [3.05, 3.63) is 11.6 Å². The number of nitrogens with one attached hydrogen (secondary N) is 1. The molecule has 12 heavy (non-hydrogen) atoms. The highest BCUT2D eigenvalue weighted by Crippen LogP contribution is 2.18. The van der Waals surface area contributed by atoms with E-state index in [-0.39, 0.29) is 5.97 Å². The Bertz CT molecular complexity index is 199. The minimum absolute atomic E-state index is 0.176. The maximum Gasteiger partial charge on any atom is 0.333 e. The number of esters is 1. The topological polar surface area (TPSA) is 38.3 Å². The Morgan fingerprint density at radius 2 is 2.50 bits per heavy atom. The van der Waals surface area contributed by atoms with Gasteiger partial charge in [-0.3, -0.25) is 0 Å². The SMILES string of the molecule is CNC1CC=C(C(=O)OC)CC1. The molecule has 0 amide bonds. The number of methoxy groups -OCH3 is 1. The lowest BCUT2D eigenvalue weighted by Gasteiger charge is -2.19. The lowest BCUT2D eigenvalue weighted by atomic mass is 9.95. The van der Waals surface area contributed by atoms with Crippen LogP contribution in [0.1, 0.15) is 19.3 Å². The molecule has 0 fully saturated rings. The van der Waals surface area contributed by atoms with Crippen LogP contribution in [-0.2, 0) is 9.53 Å². The fraction of sp³-hybridized carbons (Fsp3) is 0.667. The minimum atomic E-state index is -0.176. The molecule has 1 unspecified atom stereocenters. The first kappa shape index (κ1) is 9.26. The molecular formula is C9H15NO2. The maximum atomic E-state index is 11.1. The van der Waals surface area contributed by atoms with Gasteiger partial charge in [0.25, 0.3) is 0 Å². The van der Waals surface area contributed by atoms with Crippen LogP contribution in [0.2, 0.25) is 0 Å². The summed E-state index contributed by atoms with van der Waals surface area (Å²) in [6.45, 7) is 0. The fourth-order valence-electron chi connectivity index (χ4n) is 1.41. The molecule has 68 valence electrons. The van der Waals surface area contributed by atoms with Gasteiger partial charge < -0.3 is 10.1 Å². The molecule has 1 atom stereocenters. The van der Waals surface area contributed by atoms with Crippen molar-refractivity contribution < 1.29 is 9.53 Å². The summed E-state index contributed by atoms with van der Waals surface area (Å²) in [7, 11) is 3.37. The Kier molecular flexibility index (Phi) is 3.29. The molecule has 1 N–H and O–H groups in total. The third-order valence-electron chi connectivity index (χ3n) is 2.27. The van der Waals surface area contributed by atoms with Crippen molar-refractivity contribution in [3.8, 4) is 0 Å². The monoisotopic (exact) mass is 169 g/mol. The van der Waals surface area contributed by atoms with Crippen molar-refractivity contribution in [2.75, 3.05) is 14.2 Å². The van der Waals surface area contributed by atoms with Crippen LogP contribution < -0.4 is 5.32 Å². The van der Waals surface area contributed by atoms with Crippen LogP contribution >= 0.6 is 0 Å². The van der Waals surface area contributed by atoms with E-state index in [4.69, 9.17) is 0 Å². The number of carbonyl (C=O) groups is 1. The van der Waals surface area contributed by atoms with E-state index < -0.39 is 0 Å². The average Bonchev–Trinajstić information content (AvgIpc) is 2.17. The molecule has 0 aromatic carbocycles. The molecule has 0 spiro atoms. The van der Waals surface area contributed by atoms with Crippen molar-refractivity contribution in [1.82, 2.24) is 5.32 Å². The van der Waals surface area contributed by atoms with Crippen molar-refractivity contribution in [3.63, 3.8) is 0 Å². The number of hydrogen-bond acceptors (Lipinski definition) is 3. The van der Waals surface area contributed by atoms with Gasteiger partial charge in [0.1, 0.15) is 0 Å². The summed E-state index contributed by atoms with van der Waals surface area (Å²) in [4.78, 5) is 11.1. The van der Waals surface area contributed by atoms with Crippen LogP contribution in [-0.4, -0.2) is 26.2 Å². The van der Waals surface area contributed by atoms with Gasteiger partial charge in [0.15, 0.2) is 0 Å². The van der Waals surface area contributed by atoms with Crippen LogP contribution in [0, 0.1) is 0 Å². The number of rotatable bonds is 2. The van der Waals surface area contributed by atoms with E-state index in [0.29, 0.717) is 6.04 Å². The van der Waals surface area contributed by atoms with Crippen LogP contribution in [0.5, 0.6) is 0 Å². The molecule has 0 aromatic heterocycles. The predicted molar refractivity (Wildman–Crippen MR) is 46.8 cm³/mol. The molecule has 0 saturated heterocycles. The molecule has 0 heterocycles. The van der Waals surface area contributed by atoms with E-state index in [1.165, 1.54) is 7.11 Å². The highest BCUT2D eigenvalue weighted by molar-refractivity contribution is 5.88. The van der Waals surface area contributed by atoms with Gasteiger partial charge in [0.2, 0.25) is 0 Å². The van der Waals surface area contributed by atoms with Gasteiger partial charge in [0, 0.05) is 11.6 Å². The summed E-state index contributed by atoms with van der Waals surface area (Å²) in [6, 6.07) is 0.526. The molecule has 0 aromatic rings. The molecule has 0 aliphatic heterocycles. The highest BCUT2D eigenvalue weighted by Gasteiger charge is 2.17. The van der Waals surface area contributed by atoms with Crippen molar-refractivity contribution >= 4 is 5.97 Å². The van der Waals surface area contributed by atoms with Gasteiger partial charge in [-0.1, -0.05) is 6.08 Å². The largest absolute Gasteiger partial charge is 0.466 e. The lowest BCUT2D eigenvalue weighted by Crippen LogP contribution is -2.27. The van der Waals surface area contributed by atoms with Crippen LogP contribution in [0.4, 0.5) is 0 Å². The quantitative estimate of drug-likeness (QED) is 0.623. The van der Waals surface area contributed by atoms with E-state index in [0.717, 1.165) is 24.8 Å². The standard InChI is InChI=1S/C9H15NO2/c1-10-8-5-3-7(4-6-8)9(11)12-2/h3,8,10H,4-6H2,1-2H3. The zero-order chi connectivity index (χ0) is 8.97. The molecule has 0 bridgehead atoms. The first-order valence-corrected chi connectivity index (χ1v) is 4.22. The van der Waals surface area contributed by atoms with Crippen molar-refractivity contribution in [1.29, 1.82) is 0 Å². The second kappa shape index (κ2) is 4.26. The number of carbonyl (C=O) groups excluding carboxylic acids is 1. The zero-order valence-electron chi connectivity index (χ0n) is 7.59. The number of ether oxygens (including phenoxy) is 1. The first-order chi connectivity index (χ1) is 5.77. The van der Waals surface area contributed by atoms with E-state index >= 15 is 0 Å². The normalized spacial score (nSPS) is 23.2. The molecule has 3 nitrogen and oxygen atoms in total. The van der Waals surface area contributed by atoms with E-state index in [1.54, 1.807) is 0 Å². The summed E-state index contributed by atoms with van der Waals surface area (Å²) in [6.07, 6.45) is 4.76. The van der Waals surface area contributed by atoms with Crippen LogP contribution in [0.3, 0.4) is 0 Å². The van der Waals surface area contributed by atoms with Crippen LogP contribution in [0.25, 0.3) is 0 Å². The van der Waals surface area contributed by atoms with Gasteiger partial charge in [-0.2, -0.15) is 0 Å². The smallest absolute Gasteiger partial charge is 0.333 e. The van der Waals surface area contributed by atoms with E-state index in [1.807, 2.05) is 13.1 Å². The zero-order valence-corrected chi connectivity index (χ0v) is 7.59. The second-order valence-corrected chi connectivity index (χ2v) is 2.98. The Balaban J connectivity index is 2.49. The Morgan fingerprint density at radius 3 is 2.92 bits per heavy atom. The molecular weight excluding hydrogens is 154 g/mol. The molecule has 1 aliphatic rings. The van der Waals surface area contributed by atoms with E-state index in [2.05, 4.69) is 10.1 Å².